The molecule has 1 heterocycles. The molecule has 5 nitrogen and oxygen atoms in total. The van der Waals surface area contributed by atoms with Crippen molar-refractivity contribution in [3.8, 4) is 11.4 Å². The van der Waals surface area contributed by atoms with Crippen LogP contribution in [-0.2, 0) is 6.54 Å². The first-order valence-electron chi connectivity index (χ1n) is 6.55. The predicted molar refractivity (Wildman–Crippen MR) is 83.1 cm³/mol. The van der Waals surface area contributed by atoms with Crippen molar-refractivity contribution in [2.24, 2.45) is 0 Å². The molecule has 106 valence electrons. The number of nitrogens with one attached hydrogen (secondary N) is 2. The molecule has 0 atom stereocenters. The van der Waals surface area contributed by atoms with E-state index in [0.29, 0.717) is 12.4 Å². The second kappa shape index (κ2) is 5.93. The maximum Gasteiger partial charge on any atom is 0.204 e. The highest BCUT2D eigenvalue weighted by atomic mass is 35.5. The number of nitrogens with zero attached hydrogens (tertiary/aromatic N) is 3. The Labute approximate surface area is 127 Å². The smallest absolute Gasteiger partial charge is 0.204 e. The third-order valence-corrected chi connectivity index (χ3v) is 3.61. The summed E-state index contributed by atoms with van der Waals surface area (Å²) in [6, 6.07) is 14.0. The first-order chi connectivity index (χ1) is 10.2. The minimum atomic E-state index is 0.581. The molecule has 0 saturated carbocycles. The van der Waals surface area contributed by atoms with E-state index >= 15 is 0 Å². The highest BCUT2D eigenvalue weighted by molar-refractivity contribution is 6.31. The third-order valence-electron chi connectivity index (χ3n) is 3.20. The first-order valence-corrected chi connectivity index (χ1v) is 6.93. The van der Waals surface area contributed by atoms with Crippen LogP contribution in [0.1, 0.15) is 11.1 Å². The standard InChI is InChI=1S/C15H14ClN5/c1-10-5-6-11(7-14(10)16)9-17-13-4-2-3-12(8-13)15-18-20-21-19-15/h2-8,17H,9H2,1H3,(H,18,19,20,21). The topological polar surface area (TPSA) is 66.5 Å². The van der Waals surface area contributed by atoms with Crippen LogP contribution < -0.4 is 5.32 Å². The Morgan fingerprint density at radius 3 is 2.86 bits per heavy atom. The van der Waals surface area contributed by atoms with Crippen LogP contribution in [0.2, 0.25) is 5.02 Å². The Kier molecular flexibility index (Phi) is 3.83. The molecule has 21 heavy (non-hydrogen) atoms. The molecule has 0 saturated heterocycles. The van der Waals surface area contributed by atoms with Gasteiger partial charge in [0.25, 0.3) is 0 Å². The minimum absolute atomic E-state index is 0.581. The van der Waals surface area contributed by atoms with Gasteiger partial charge in [0.05, 0.1) is 0 Å². The van der Waals surface area contributed by atoms with Crippen LogP contribution in [0.15, 0.2) is 42.5 Å². The summed E-state index contributed by atoms with van der Waals surface area (Å²) in [6.07, 6.45) is 0. The number of anilines is 1. The van der Waals surface area contributed by atoms with E-state index < -0.39 is 0 Å². The van der Waals surface area contributed by atoms with Crippen molar-refractivity contribution in [2.45, 2.75) is 13.5 Å². The van der Waals surface area contributed by atoms with Gasteiger partial charge in [0.15, 0.2) is 0 Å². The lowest BCUT2D eigenvalue weighted by atomic mass is 10.1. The van der Waals surface area contributed by atoms with E-state index in [1.54, 1.807) is 0 Å². The molecular weight excluding hydrogens is 286 g/mol. The zero-order chi connectivity index (χ0) is 14.7. The number of tetrazole rings is 1. The Balaban J connectivity index is 1.73. The highest BCUT2D eigenvalue weighted by Gasteiger charge is 2.04. The van der Waals surface area contributed by atoms with Gasteiger partial charge in [-0.2, -0.15) is 5.21 Å². The van der Waals surface area contributed by atoms with E-state index in [1.165, 1.54) is 0 Å². The molecule has 0 amide bonds. The molecule has 3 rings (SSSR count). The fourth-order valence-electron chi connectivity index (χ4n) is 2.00. The average molecular weight is 300 g/mol. The fraction of sp³-hybridized carbons (Fsp3) is 0.133. The molecule has 2 aromatic carbocycles. The summed E-state index contributed by atoms with van der Waals surface area (Å²) in [5.74, 6) is 0.581. The highest BCUT2D eigenvalue weighted by Crippen LogP contribution is 2.20. The fourth-order valence-corrected chi connectivity index (χ4v) is 2.21. The Bertz CT molecular complexity index is 740. The summed E-state index contributed by atoms with van der Waals surface area (Å²) in [5, 5.41) is 18.1. The van der Waals surface area contributed by atoms with E-state index in [0.717, 1.165) is 27.4 Å². The molecule has 3 aromatic rings. The summed E-state index contributed by atoms with van der Waals surface area (Å²) < 4.78 is 0. The van der Waals surface area contributed by atoms with Crippen molar-refractivity contribution in [3.05, 3.63) is 58.6 Å². The second-order valence-corrected chi connectivity index (χ2v) is 5.16. The van der Waals surface area contributed by atoms with E-state index in [2.05, 4.69) is 32.0 Å². The zero-order valence-electron chi connectivity index (χ0n) is 11.5. The van der Waals surface area contributed by atoms with Crippen molar-refractivity contribution < 1.29 is 0 Å². The van der Waals surface area contributed by atoms with Gasteiger partial charge in [0.2, 0.25) is 5.82 Å². The molecule has 0 spiro atoms. The number of halogens is 1. The van der Waals surface area contributed by atoms with Crippen LogP contribution in [0.5, 0.6) is 0 Å². The van der Waals surface area contributed by atoms with Gasteiger partial charge in [-0.25, -0.2) is 0 Å². The molecule has 6 heteroatoms. The van der Waals surface area contributed by atoms with Crippen LogP contribution in [0.3, 0.4) is 0 Å². The Hall–Kier alpha value is -2.40. The lowest BCUT2D eigenvalue weighted by Gasteiger charge is -2.08. The van der Waals surface area contributed by atoms with Crippen molar-refractivity contribution >= 4 is 17.3 Å². The number of benzene rings is 2. The molecule has 0 aliphatic heterocycles. The van der Waals surface area contributed by atoms with Gasteiger partial charge < -0.3 is 5.32 Å². The lowest BCUT2D eigenvalue weighted by Crippen LogP contribution is -1.99. The maximum atomic E-state index is 6.13. The zero-order valence-corrected chi connectivity index (χ0v) is 12.2. The largest absolute Gasteiger partial charge is 0.381 e. The molecular formula is C15H14ClN5. The van der Waals surface area contributed by atoms with Gasteiger partial charge in [-0.1, -0.05) is 35.9 Å². The van der Waals surface area contributed by atoms with Gasteiger partial charge >= 0.3 is 0 Å². The Morgan fingerprint density at radius 2 is 2.10 bits per heavy atom. The van der Waals surface area contributed by atoms with E-state index in [1.807, 2.05) is 43.3 Å². The van der Waals surface area contributed by atoms with Gasteiger partial charge in [0.1, 0.15) is 0 Å². The average Bonchev–Trinajstić information content (AvgIpc) is 3.03. The SMILES string of the molecule is Cc1ccc(CNc2cccc(-c3nn[nH]n3)c2)cc1Cl. The summed E-state index contributed by atoms with van der Waals surface area (Å²) in [7, 11) is 0. The summed E-state index contributed by atoms with van der Waals surface area (Å²) in [6.45, 7) is 2.70. The van der Waals surface area contributed by atoms with Gasteiger partial charge in [-0.15, -0.1) is 10.2 Å². The van der Waals surface area contributed by atoms with Crippen LogP contribution >= 0.6 is 11.6 Å². The van der Waals surface area contributed by atoms with Gasteiger partial charge in [-0.3, -0.25) is 0 Å². The molecule has 0 aliphatic carbocycles. The van der Waals surface area contributed by atoms with Crippen LogP contribution in [0.4, 0.5) is 5.69 Å². The summed E-state index contributed by atoms with van der Waals surface area (Å²) >= 11 is 6.13. The number of aromatic amines is 1. The van der Waals surface area contributed by atoms with Crippen LogP contribution in [0.25, 0.3) is 11.4 Å². The van der Waals surface area contributed by atoms with Crippen molar-refractivity contribution in [3.63, 3.8) is 0 Å². The molecule has 0 aliphatic rings. The number of H-pyrrole nitrogens is 1. The van der Waals surface area contributed by atoms with Crippen LogP contribution in [-0.4, -0.2) is 20.6 Å². The number of hydrogen-bond acceptors (Lipinski definition) is 4. The summed E-state index contributed by atoms with van der Waals surface area (Å²) in [4.78, 5) is 0. The normalized spacial score (nSPS) is 10.6. The third kappa shape index (κ3) is 3.20. The van der Waals surface area contributed by atoms with Crippen molar-refractivity contribution in [1.29, 1.82) is 0 Å². The Morgan fingerprint density at radius 1 is 1.19 bits per heavy atom. The van der Waals surface area contributed by atoms with E-state index in [-0.39, 0.29) is 0 Å². The number of rotatable bonds is 4. The second-order valence-electron chi connectivity index (χ2n) is 4.75. The first kappa shape index (κ1) is 13.6. The number of hydrogen-bond donors (Lipinski definition) is 2. The van der Waals surface area contributed by atoms with Crippen molar-refractivity contribution in [2.75, 3.05) is 5.32 Å². The van der Waals surface area contributed by atoms with E-state index in [9.17, 15) is 0 Å². The van der Waals surface area contributed by atoms with E-state index in [4.69, 9.17) is 11.6 Å². The molecule has 0 unspecified atom stereocenters. The summed E-state index contributed by atoms with van der Waals surface area (Å²) in [5.41, 5.74) is 4.12. The predicted octanol–water partition coefficient (Wildman–Crippen LogP) is 3.44. The lowest BCUT2D eigenvalue weighted by molar-refractivity contribution is 0.881. The number of aryl methyl sites for hydroxylation is 1. The van der Waals surface area contributed by atoms with Gasteiger partial charge in [-0.05, 0) is 41.5 Å². The number of aromatic nitrogens is 4. The molecule has 1 aromatic heterocycles. The van der Waals surface area contributed by atoms with Crippen LogP contribution in [0, 0.1) is 6.92 Å². The quantitative estimate of drug-likeness (QED) is 0.774. The van der Waals surface area contributed by atoms with Crippen molar-refractivity contribution in [1.82, 2.24) is 20.6 Å². The maximum absolute atomic E-state index is 6.13. The minimum Gasteiger partial charge on any atom is -0.381 e. The van der Waals surface area contributed by atoms with Gasteiger partial charge in [0, 0.05) is 22.8 Å². The monoisotopic (exact) mass is 299 g/mol. The molecule has 0 bridgehead atoms. The molecule has 0 fully saturated rings. The molecule has 0 radical (unpaired) electrons. The molecule has 2 N–H and O–H groups in total.